The number of benzene rings is 1. The van der Waals surface area contributed by atoms with Crippen LogP contribution < -0.4 is 5.32 Å². The van der Waals surface area contributed by atoms with Crippen LogP contribution in [-0.4, -0.2) is 26.4 Å². The van der Waals surface area contributed by atoms with Gasteiger partial charge in [0.25, 0.3) is 0 Å². The second-order valence-corrected chi connectivity index (χ2v) is 8.53. The van der Waals surface area contributed by atoms with Gasteiger partial charge >= 0.3 is 0 Å². The number of rotatable bonds is 6. The molecular weight excluding hydrogens is 395 g/mol. The van der Waals surface area contributed by atoms with E-state index in [-0.39, 0.29) is 17.3 Å². The van der Waals surface area contributed by atoms with E-state index in [9.17, 15) is 9.18 Å². The Morgan fingerprint density at radius 3 is 2.93 bits per heavy atom. The Morgan fingerprint density at radius 1 is 1.29 bits per heavy atom. The first kappa shape index (κ1) is 19.1. The van der Waals surface area contributed by atoms with E-state index >= 15 is 0 Å². The van der Waals surface area contributed by atoms with Crippen molar-refractivity contribution in [3.63, 3.8) is 0 Å². The Labute approximate surface area is 171 Å². The number of hydrogen-bond donors (Lipinski definition) is 1. The summed E-state index contributed by atoms with van der Waals surface area (Å²) in [6, 6.07) is 6.15. The molecule has 0 saturated carbocycles. The number of fused-ring (bicyclic) bond motifs is 1. The molecule has 1 aromatic carbocycles. The molecule has 1 aliphatic rings. The standard InChI is InChI=1S/C20H21FN4OS2/c1-2-25-19(14-11-27-17-10-6-3-7-13(14)17)23-24-20(25)28-12-18(26)22-16-9-5-4-8-15(16)21/h4-5,8-9,11H,2-3,6-7,10,12H2,1H3,(H,22,26). The Morgan fingerprint density at radius 2 is 2.11 bits per heavy atom. The van der Waals surface area contributed by atoms with Gasteiger partial charge in [-0.15, -0.1) is 21.5 Å². The van der Waals surface area contributed by atoms with Crippen molar-refractivity contribution >= 4 is 34.7 Å². The highest BCUT2D eigenvalue weighted by Crippen LogP contribution is 2.36. The first-order valence-electron chi connectivity index (χ1n) is 9.37. The topological polar surface area (TPSA) is 59.8 Å². The Hall–Kier alpha value is -2.19. The summed E-state index contributed by atoms with van der Waals surface area (Å²) < 4.78 is 15.7. The summed E-state index contributed by atoms with van der Waals surface area (Å²) in [5, 5.41) is 14.2. The van der Waals surface area contributed by atoms with E-state index in [1.807, 2.05) is 11.3 Å². The van der Waals surface area contributed by atoms with Crippen LogP contribution >= 0.6 is 23.1 Å². The summed E-state index contributed by atoms with van der Waals surface area (Å²) in [5.41, 5.74) is 2.78. The zero-order valence-corrected chi connectivity index (χ0v) is 17.2. The van der Waals surface area contributed by atoms with Gasteiger partial charge in [0.1, 0.15) is 5.82 Å². The van der Waals surface area contributed by atoms with Gasteiger partial charge < -0.3 is 9.88 Å². The number of nitrogens with one attached hydrogen (secondary N) is 1. The SMILES string of the molecule is CCn1c(SCC(=O)Nc2ccccc2F)nnc1-c1csc2c1CCCC2. The molecule has 8 heteroatoms. The third-order valence-corrected chi connectivity index (χ3v) is 6.87. The fourth-order valence-electron chi connectivity index (χ4n) is 3.44. The Kier molecular flexibility index (Phi) is 5.77. The van der Waals surface area contributed by atoms with E-state index in [0.29, 0.717) is 5.16 Å². The number of hydrogen-bond acceptors (Lipinski definition) is 5. The second-order valence-electron chi connectivity index (χ2n) is 6.63. The van der Waals surface area contributed by atoms with Crippen LogP contribution in [0.4, 0.5) is 10.1 Å². The lowest BCUT2D eigenvalue weighted by atomic mass is 9.96. The molecule has 5 nitrogen and oxygen atoms in total. The minimum absolute atomic E-state index is 0.147. The van der Waals surface area contributed by atoms with Crippen molar-refractivity contribution < 1.29 is 9.18 Å². The molecule has 2 heterocycles. The summed E-state index contributed by atoms with van der Waals surface area (Å²) >= 11 is 3.13. The molecule has 0 radical (unpaired) electrons. The number of thioether (sulfide) groups is 1. The number of carbonyl (C=O) groups excluding carboxylic acids is 1. The molecule has 1 amide bonds. The van der Waals surface area contributed by atoms with Crippen LogP contribution in [0.1, 0.15) is 30.2 Å². The third-order valence-electron chi connectivity index (χ3n) is 4.82. The highest BCUT2D eigenvalue weighted by atomic mass is 32.2. The number of aromatic nitrogens is 3. The lowest BCUT2D eigenvalue weighted by Crippen LogP contribution is -2.15. The summed E-state index contributed by atoms with van der Waals surface area (Å²) in [6.07, 6.45) is 4.72. The fourth-order valence-corrected chi connectivity index (χ4v) is 5.37. The largest absolute Gasteiger partial charge is 0.323 e. The molecule has 4 rings (SSSR count). The van der Waals surface area contributed by atoms with E-state index in [2.05, 4.69) is 32.4 Å². The maximum absolute atomic E-state index is 13.7. The van der Waals surface area contributed by atoms with Gasteiger partial charge in [-0.25, -0.2) is 4.39 Å². The van der Waals surface area contributed by atoms with Gasteiger partial charge in [-0.3, -0.25) is 4.79 Å². The summed E-state index contributed by atoms with van der Waals surface area (Å²) in [4.78, 5) is 13.7. The summed E-state index contributed by atoms with van der Waals surface area (Å²) in [6.45, 7) is 2.78. The number of anilines is 1. The summed E-state index contributed by atoms with van der Waals surface area (Å²) in [7, 11) is 0. The lowest BCUT2D eigenvalue weighted by molar-refractivity contribution is -0.113. The zero-order chi connectivity index (χ0) is 19.5. The van der Waals surface area contributed by atoms with Crippen LogP contribution in [0, 0.1) is 5.82 Å². The number of amides is 1. The molecule has 0 bridgehead atoms. The molecule has 2 aromatic heterocycles. The van der Waals surface area contributed by atoms with Crippen molar-refractivity contribution in [2.24, 2.45) is 0 Å². The van der Waals surface area contributed by atoms with Gasteiger partial charge in [-0.05, 0) is 50.3 Å². The minimum Gasteiger partial charge on any atom is -0.323 e. The predicted molar refractivity (Wildman–Crippen MR) is 111 cm³/mol. The first-order chi connectivity index (χ1) is 13.7. The highest BCUT2D eigenvalue weighted by molar-refractivity contribution is 7.99. The number of carbonyl (C=O) groups is 1. The van der Waals surface area contributed by atoms with Crippen molar-refractivity contribution in [3.05, 3.63) is 45.9 Å². The molecule has 3 aromatic rings. The van der Waals surface area contributed by atoms with Gasteiger partial charge in [-0.1, -0.05) is 23.9 Å². The van der Waals surface area contributed by atoms with Crippen LogP contribution in [-0.2, 0) is 24.2 Å². The van der Waals surface area contributed by atoms with Gasteiger partial charge in [0.15, 0.2) is 11.0 Å². The van der Waals surface area contributed by atoms with Gasteiger partial charge in [-0.2, -0.15) is 0 Å². The number of halogens is 1. The van der Waals surface area contributed by atoms with E-state index in [1.165, 1.54) is 46.7 Å². The molecule has 0 unspecified atom stereocenters. The lowest BCUT2D eigenvalue weighted by Gasteiger charge is -2.13. The van der Waals surface area contributed by atoms with Crippen LogP contribution in [0.15, 0.2) is 34.8 Å². The van der Waals surface area contributed by atoms with E-state index in [0.717, 1.165) is 25.2 Å². The maximum atomic E-state index is 13.7. The van der Waals surface area contributed by atoms with Crippen molar-refractivity contribution in [2.75, 3.05) is 11.1 Å². The van der Waals surface area contributed by atoms with Gasteiger partial charge in [0.2, 0.25) is 5.91 Å². The van der Waals surface area contributed by atoms with Crippen LogP contribution in [0.3, 0.4) is 0 Å². The Balaban J connectivity index is 1.48. The van der Waals surface area contributed by atoms with Gasteiger partial charge in [0.05, 0.1) is 11.4 Å². The quantitative estimate of drug-likeness (QED) is 0.588. The van der Waals surface area contributed by atoms with Crippen molar-refractivity contribution in [1.82, 2.24) is 14.8 Å². The number of aryl methyl sites for hydroxylation is 1. The molecule has 0 atom stereocenters. The second kappa shape index (κ2) is 8.45. The Bertz CT molecular complexity index is 998. The molecule has 1 N–H and O–H groups in total. The van der Waals surface area contributed by atoms with E-state index in [1.54, 1.807) is 18.2 Å². The van der Waals surface area contributed by atoms with Crippen LogP contribution in [0.5, 0.6) is 0 Å². The summed E-state index contributed by atoms with van der Waals surface area (Å²) in [5.74, 6) is 0.310. The predicted octanol–water partition coefficient (Wildman–Crippen LogP) is 4.78. The third kappa shape index (κ3) is 3.84. The zero-order valence-electron chi connectivity index (χ0n) is 15.6. The monoisotopic (exact) mass is 416 g/mol. The van der Waals surface area contributed by atoms with Gasteiger partial charge in [0, 0.05) is 22.4 Å². The van der Waals surface area contributed by atoms with Crippen LogP contribution in [0.25, 0.3) is 11.4 Å². The molecule has 0 fully saturated rings. The normalized spacial score (nSPS) is 13.4. The van der Waals surface area contributed by atoms with Crippen LogP contribution in [0.2, 0.25) is 0 Å². The molecule has 0 saturated heterocycles. The smallest absolute Gasteiger partial charge is 0.234 e. The average Bonchev–Trinajstić information content (AvgIpc) is 3.31. The molecule has 0 aliphatic heterocycles. The molecule has 28 heavy (non-hydrogen) atoms. The maximum Gasteiger partial charge on any atom is 0.234 e. The molecule has 146 valence electrons. The first-order valence-corrected chi connectivity index (χ1v) is 11.2. The van der Waals surface area contributed by atoms with Crippen molar-refractivity contribution in [2.45, 2.75) is 44.3 Å². The number of nitrogens with zero attached hydrogens (tertiary/aromatic N) is 3. The average molecular weight is 417 g/mol. The number of thiophene rings is 1. The fraction of sp³-hybridized carbons (Fsp3) is 0.350. The molecule has 1 aliphatic carbocycles. The van der Waals surface area contributed by atoms with Crippen molar-refractivity contribution in [1.29, 1.82) is 0 Å². The van der Waals surface area contributed by atoms with E-state index < -0.39 is 5.82 Å². The van der Waals surface area contributed by atoms with E-state index in [4.69, 9.17) is 0 Å². The molecular formula is C20H21FN4OS2. The van der Waals surface area contributed by atoms with Crippen molar-refractivity contribution in [3.8, 4) is 11.4 Å². The highest BCUT2D eigenvalue weighted by Gasteiger charge is 2.22. The minimum atomic E-state index is -0.443. The number of para-hydroxylation sites is 1. The molecule has 0 spiro atoms.